The fourth-order valence-electron chi connectivity index (χ4n) is 2.56. The molecule has 1 aromatic carbocycles. The highest BCUT2D eigenvalue weighted by Gasteiger charge is 2.19. The molecule has 0 saturated heterocycles. The Morgan fingerprint density at radius 2 is 1.88 bits per heavy atom. The van der Waals surface area contributed by atoms with Gasteiger partial charge in [-0.2, -0.15) is 0 Å². The van der Waals surface area contributed by atoms with Crippen LogP contribution < -0.4 is 11.2 Å². The van der Waals surface area contributed by atoms with Crippen molar-refractivity contribution in [1.82, 2.24) is 18.7 Å². The molecule has 3 rings (SSSR count). The van der Waals surface area contributed by atoms with Gasteiger partial charge in [-0.1, -0.05) is 23.7 Å². The van der Waals surface area contributed by atoms with Crippen LogP contribution in [0.5, 0.6) is 0 Å². The quantitative estimate of drug-likeness (QED) is 0.655. The minimum Gasteiger partial charge on any atom is -0.395 e. The van der Waals surface area contributed by atoms with Crippen LogP contribution in [0.1, 0.15) is 5.56 Å². The fraction of sp³-hybridized carbons (Fsp3) is 0.267. The number of aliphatic hydroxyl groups is 1. The van der Waals surface area contributed by atoms with Crippen LogP contribution in [0.25, 0.3) is 11.2 Å². The van der Waals surface area contributed by atoms with E-state index in [1.165, 1.54) is 4.57 Å². The molecule has 126 valence electrons. The Bertz CT molecular complexity index is 1020. The Balaban J connectivity index is 2.25. The average Bonchev–Trinajstić information content (AvgIpc) is 2.89. The Morgan fingerprint density at radius 1 is 1.21 bits per heavy atom. The average molecular weight is 414 g/mol. The number of fused-ring (bicyclic) bond motifs is 1. The van der Waals surface area contributed by atoms with Crippen molar-refractivity contribution in [2.75, 3.05) is 6.61 Å². The van der Waals surface area contributed by atoms with Gasteiger partial charge in [0.25, 0.3) is 5.56 Å². The van der Waals surface area contributed by atoms with Gasteiger partial charge in [-0.3, -0.25) is 13.9 Å². The molecule has 7 nitrogen and oxygen atoms in total. The zero-order chi connectivity index (χ0) is 17.4. The summed E-state index contributed by atoms with van der Waals surface area (Å²) in [6.07, 6.45) is 0. The highest BCUT2D eigenvalue weighted by Crippen LogP contribution is 2.19. The topological polar surface area (TPSA) is 82.0 Å². The van der Waals surface area contributed by atoms with E-state index < -0.39 is 11.2 Å². The highest BCUT2D eigenvalue weighted by molar-refractivity contribution is 9.10. The second-order valence-electron chi connectivity index (χ2n) is 5.29. The number of imidazole rings is 1. The molecule has 24 heavy (non-hydrogen) atoms. The van der Waals surface area contributed by atoms with Crippen LogP contribution in [0.4, 0.5) is 0 Å². The SMILES string of the molecule is Cn1c(=O)n(CCO)c(=O)c2c1nc(Br)n2Cc1ccc(Cl)cc1. The molecule has 0 bridgehead atoms. The summed E-state index contributed by atoms with van der Waals surface area (Å²) in [5.41, 5.74) is 0.535. The van der Waals surface area contributed by atoms with Gasteiger partial charge >= 0.3 is 5.69 Å². The number of hydrogen-bond donors (Lipinski definition) is 1. The van der Waals surface area contributed by atoms with Crippen LogP contribution in [0.2, 0.25) is 5.02 Å². The first kappa shape index (κ1) is 16.9. The molecular formula is C15H14BrClN4O3. The van der Waals surface area contributed by atoms with Crippen molar-refractivity contribution in [2.24, 2.45) is 7.05 Å². The normalized spacial score (nSPS) is 11.3. The number of aryl methyl sites for hydroxylation is 1. The van der Waals surface area contributed by atoms with Gasteiger partial charge in [-0.15, -0.1) is 0 Å². The number of rotatable bonds is 4. The molecule has 0 aliphatic rings. The maximum absolute atomic E-state index is 12.7. The van der Waals surface area contributed by atoms with Crippen molar-refractivity contribution < 1.29 is 5.11 Å². The van der Waals surface area contributed by atoms with Crippen LogP contribution in [0, 0.1) is 0 Å². The summed E-state index contributed by atoms with van der Waals surface area (Å²) >= 11 is 9.25. The van der Waals surface area contributed by atoms with E-state index in [4.69, 9.17) is 16.7 Å². The molecule has 1 N–H and O–H groups in total. The third-order valence-corrected chi connectivity index (χ3v) is 4.62. The molecule has 0 atom stereocenters. The van der Waals surface area contributed by atoms with Gasteiger partial charge in [-0.25, -0.2) is 9.78 Å². The first-order valence-electron chi connectivity index (χ1n) is 7.15. The number of hydrogen-bond acceptors (Lipinski definition) is 4. The number of halogens is 2. The smallest absolute Gasteiger partial charge is 0.332 e. The molecule has 3 aromatic rings. The number of nitrogens with zero attached hydrogens (tertiary/aromatic N) is 4. The second kappa shape index (κ2) is 6.54. The van der Waals surface area contributed by atoms with Crippen molar-refractivity contribution in [3.05, 3.63) is 60.4 Å². The van der Waals surface area contributed by atoms with Crippen LogP contribution in [0.15, 0.2) is 38.6 Å². The zero-order valence-electron chi connectivity index (χ0n) is 12.7. The van der Waals surface area contributed by atoms with Crippen molar-refractivity contribution in [3.8, 4) is 0 Å². The fourth-order valence-corrected chi connectivity index (χ4v) is 3.16. The lowest BCUT2D eigenvalue weighted by Crippen LogP contribution is -2.40. The predicted octanol–water partition coefficient (Wildman–Crippen LogP) is 1.35. The molecular weight excluding hydrogens is 400 g/mol. The van der Waals surface area contributed by atoms with Gasteiger partial charge < -0.3 is 9.67 Å². The largest absolute Gasteiger partial charge is 0.395 e. The standard InChI is InChI=1S/C15H14BrClN4O3/c1-19-12-11(13(23)20(6-7-22)15(19)24)21(14(16)18-12)8-9-2-4-10(17)5-3-9/h2-5,22H,6-8H2,1H3. The molecule has 0 saturated carbocycles. The molecule has 0 fully saturated rings. The maximum Gasteiger partial charge on any atom is 0.332 e. The summed E-state index contributed by atoms with van der Waals surface area (Å²) < 4.78 is 4.44. The van der Waals surface area contributed by atoms with E-state index >= 15 is 0 Å². The van der Waals surface area contributed by atoms with E-state index in [1.54, 1.807) is 23.7 Å². The van der Waals surface area contributed by atoms with Gasteiger partial charge in [0.15, 0.2) is 15.9 Å². The molecule has 0 unspecified atom stereocenters. The summed E-state index contributed by atoms with van der Waals surface area (Å²) in [4.78, 5) is 29.2. The van der Waals surface area contributed by atoms with E-state index in [0.717, 1.165) is 10.1 Å². The van der Waals surface area contributed by atoms with Crippen LogP contribution in [-0.2, 0) is 20.1 Å². The zero-order valence-corrected chi connectivity index (χ0v) is 15.1. The minimum absolute atomic E-state index is 0.0643. The lowest BCUT2D eigenvalue weighted by molar-refractivity contribution is 0.271. The van der Waals surface area contributed by atoms with Crippen molar-refractivity contribution in [2.45, 2.75) is 13.1 Å². The summed E-state index contributed by atoms with van der Waals surface area (Å²) in [5.74, 6) is 0. The van der Waals surface area contributed by atoms with E-state index in [-0.39, 0.29) is 13.2 Å². The molecule has 0 amide bonds. The lowest BCUT2D eigenvalue weighted by atomic mass is 10.2. The van der Waals surface area contributed by atoms with E-state index in [9.17, 15) is 9.59 Å². The van der Waals surface area contributed by atoms with Crippen molar-refractivity contribution in [3.63, 3.8) is 0 Å². The van der Waals surface area contributed by atoms with Gasteiger partial charge in [0, 0.05) is 12.1 Å². The Morgan fingerprint density at radius 3 is 2.50 bits per heavy atom. The minimum atomic E-state index is -0.509. The Hall–Kier alpha value is -1.90. The number of benzene rings is 1. The van der Waals surface area contributed by atoms with E-state index in [1.807, 2.05) is 12.1 Å². The summed E-state index contributed by atoms with van der Waals surface area (Å²) in [6.45, 7) is 0.0269. The first-order chi connectivity index (χ1) is 11.4. The summed E-state index contributed by atoms with van der Waals surface area (Å²) in [7, 11) is 1.55. The predicted molar refractivity (Wildman–Crippen MR) is 94.6 cm³/mol. The van der Waals surface area contributed by atoms with Crippen molar-refractivity contribution >= 4 is 38.7 Å². The molecule has 9 heteroatoms. The molecule has 2 heterocycles. The third kappa shape index (κ3) is 2.81. The van der Waals surface area contributed by atoms with Gasteiger partial charge in [0.05, 0.1) is 19.7 Å². The molecule has 0 aliphatic heterocycles. The highest BCUT2D eigenvalue weighted by atomic mass is 79.9. The Kier molecular flexibility index (Phi) is 4.62. The Labute approximate surface area is 149 Å². The van der Waals surface area contributed by atoms with Crippen LogP contribution in [0.3, 0.4) is 0 Å². The maximum atomic E-state index is 12.7. The van der Waals surface area contributed by atoms with Gasteiger partial charge in [-0.05, 0) is 33.6 Å². The number of aliphatic hydroxyl groups excluding tert-OH is 1. The molecule has 2 aromatic heterocycles. The monoisotopic (exact) mass is 412 g/mol. The van der Waals surface area contributed by atoms with Crippen LogP contribution in [-0.4, -0.2) is 30.4 Å². The van der Waals surface area contributed by atoms with Gasteiger partial charge in [0.1, 0.15) is 0 Å². The molecule has 0 radical (unpaired) electrons. The van der Waals surface area contributed by atoms with Crippen LogP contribution >= 0.6 is 27.5 Å². The van der Waals surface area contributed by atoms with E-state index in [2.05, 4.69) is 20.9 Å². The first-order valence-corrected chi connectivity index (χ1v) is 8.32. The summed E-state index contributed by atoms with van der Waals surface area (Å²) in [6, 6.07) is 7.25. The summed E-state index contributed by atoms with van der Waals surface area (Å²) in [5, 5.41) is 9.74. The van der Waals surface area contributed by atoms with Crippen molar-refractivity contribution in [1.29, 1.82) is 0 Å². The lowest BCUT2D eigenvalue weighted by Gasteiger charge is -2.09. The third-order valence-electron chi connectivity index (χ3n) is 3.76. The second-order valence-corrected chi connectivity index (χ2v) is 6.43. The molecule has 0 aliphatic carbocycles. The molecule has 0 spiro atoms. The van der Waals surface area contributed by atoms with E-state index in [0.29, 0.717) is 27.5 Å². The number of aromatic nitrogens is 4. The van der Waals surface area contributed by atoms with Gasteiger partial charge in [0.2, 0.25) is 0 Å².